The van der Waals surface area contributed by atoms with Crippen molar-refractivity contribution in [3.8, 4) is 0 Å². The van der Waals surface area contributed by atoms with Gasteiger partial charge in [0.15, 0.2) is 0 Å². The van der Waals surface area contributed by atoms with Crippen LogP contribution in [-0.2, 0) is 28.9 Å². The van der Waals surface area contributed by atoms with Crippen molar-refractivity contribution in [1.29, 1.82) is 0 Å². The second-order valence-corrected chi connectivity index (χ2v) is 8.38. The molecule has 0 aliphatic rings. The molecule has 0 saturated heterocycles. The van der Waals surface area contributed by atoms with Gasteiger partial charge in [-0.3, -0.25) is 0 Å². The molecular weight excluding hydrogens is 372 g/mol. The van der Waals surface area contributed by atoms with Crippen LogP contribution in [0.3, 0.4) is 0 Å². The molecule has 0 aliphatic heterocycles. The van der Waals surface area contributed by atoms with E-state index >= 15 is 0 Å². The van der Waals surface area contributed by atoms with Crippen molar-refractivity contribution in [1.82, 2.24) is 10.0 Å². The SMILES string of the molecule is CNCc1ccc(CS(=O)(=O)NCc2cc(Br)cs2)cc1. The van der Waals surface area contributed by atoms with Gasteiger partial charge in [0.05, 0.1) is 5.75 Å². The molecule has 7 heteroatoms. The monoisotopic (exact) mass is 388 g/mol. The minimum Gasteiger partial charge on any atom is -0.316 e. The van der Waals surface area contributed by atoms with Gasteiger partial charge in [0.25, 0.3) is 0 Å². The summed E-state index contributed by atoms with van der Waals surface area (Å²) in [7, 11) is -1.44. The summed E-state index contributed by atoms with van der Waals surface area (Å²) < 4.78 is 27.7. The Labute approximate surface area is 137 Å². The Balaban J connectivity index is 1.93. The van der Waals surface area contributed by atoms with Crippen LogP contribution in [0.25, 0.3) is 0 Å². The van der Waals surface area contributed by atoms with Crippen LogP contribution in [0.2, 0.25) is 0 Å². The maximum Gasteiger partial charge on any atom is 0.216 e. The lowest BCUT2D eigenvalue weighted by atomic mass is 10.1. The van der Waals surface area contributed by atoms with Gasteiger partial charge >= 0.3 is 0 Å². The van der Waals surface area contributed by atoms with Crippen LogP contribution in [0.1, 0.15) is 16.0 Å². The molecule has 114 valence electrons. The zero-order valence-corrected chi connectivity index (χ0v) is 14.8. The summed E-state index contributed by atoms with van der Waals surface area (Å²) in [5, 5.41) is 4.99. The maximum absolute atomic E-state index is 12.1. The Bertz CT molecular complexity index is 681. The van der Waals surface area contributed by atoms with Crippen LogP contribution < -0.4 is 10.0 Å². The predicted octanol–water partition coefficient (Wildman–Crippen LogP) is 2.85. The van der Waals surface area contributed by atoms with Crippen molar-refractivity contribution < 1.29 is 8.42 Å². The molecule has 0 bridgehead atoms. The van der Waals surface area contributed by atoms with Gasteiger partial charge in [-0.05, 0) is 40.2 Å². The van der Waals surface area contributed by atoms with Crippen molar-refractivity contribution in [2.24, 2.45) is 0 Å². The molecule has 0 atom stereocenters. The highest BCUT2D eigenvalue weighted by Crippen LogP contribution is 2.19. The van der Waals surface area contributed by atoms with Gasteiger partial charge in [-0.15, -0.1) is 11.3 Å². The average molecular weight is 389 g/mol. The van der Waals surface area contributed by atoms with E-state index in [9.17, 15) is 8.42 Å². The highest BCUT2D eigenvalue weighted by Gasteiger charge is 2.12. The van der Waals surface area contributed by atoms with Gasteiger partial charge in [-0.1, -0.05) is 24.3 Å². The standard InChI is InChI=1S/C14H17BrN2O2S2/c1-16-7-11-2-4-12(5-3-11)10-21(18,19)17-8-14-6-13(15)9-20-14/h2-6,9,16-17H,7-8,10H2,1H3. The van der Waals surface area contributed by atoms with Gasteiger partial charge in [0.1, 0.15) is 0 Å². The molecule has 4 nitrogen and oxygen atoms in total. The van der Waals surface area contributed by atoms with Gasteiger partial charge in [-0.25, -0.2) is 13.1 Å². The molecule has 0 saturated carbocycles. The van der Waals surface area contributed by atoms with E-state index in [2.05, 4.69) is 26.0 Å². The Morgan fingerprint density at radius 1 is 1.14 bits per heavy atom. The highest BCUT2D eigenvalue weighted by atomic mass is 79.9. The third-order valence-electron chi connectivity index (χ3n) is 2.85. The van der Waals surface area contributed by atoms with Crippen LogP contribution in [0.4, 0.5) is 0 Å². The number of sulfonamides is 1. The van der Waals surface area contributed by atoms with Gasteiger partial charge < -0.3 is 5.32 Å². The van der Waals surface area contributed by atoms with Crippen LogP contribution in [-0.4, -0.2) is 15.5 Å². The van der Waals surface area contributed by atoms with Crippen LogP contribution in [0.5, 0.6) is 0 Å². The van der Waals surface area contributed by atoms with Gasteiger partial charge in [0, 0.05) is 27.8 Å². The summed E-state index contributed by atoms with van der Waals surface area (Å²) in [6, 6.07) is 9.51. The maximum atomic E-state index is 12.1. The summed E-state index contributed by atoms with van der Waals surface area (Å²) in [5.41, 5.74) is 1.92. The number of hydrogen-bond donors (Lipinski definition) is 2. The van der Waals surface area contributed by atoms with E-state index in [0.29, 0.717) is 6.54 Å². The first kappa shape index (κ1) is 16.6. The van der Waals surface area contributed by atoms with Crippen LogP contribution >= 0.6 is 27.3 Å². The van der Waals surface area contributed by atoms with E-state index in [0.717, 1.165) is 27.0 Å². The molecule has 2 N–H and O–H groups in total. The number of halogens is 1. The molecule has 0 spiro atoms. The second-order valence-electron chi connectivity index (χ2n) is 4.66. The quantitative estimate of drug-likeness (QED) is 0.766. The normalized spacial score (nSPS) is 11.7. The van der Waals surface area contributed by atoms with E-state index in [4.69, 9.17) is 0 Å². The fraction of sp³-hybridized carbons (Fsp3) is 0.286. The molecule has 0 amide bonds. The summed E-state index contributed by atoms with van der Waals surface area (Å²) in [5.74, 6) is -0.000617. The molecule has 1 heterocycles. The largest absolute Gasteiger partial charge is 0.316 e. The topological polar surface area (TPSA) is 58.2 Å². The van der Waals surface area contributed by atoms with Gasteiger partial charge in [-0.2, -0.15) is 0 Å². The fourth-order valence-electron chi connectivity index (χ4n) is 1.86. The molecule has 2 rings (SSSR count). The fourth-order valence-corrected chi connectivity index (χ4v) is 4.45. The van der Waals surface area contributed by atoms with Gasteiger partial charge in [0.2, 0.25) is 10.0 Å². The van der Waals surface area contributed by atoms with Crippen LogP contribution in [0.15, 0.2) is 40.2 Å². The Kier molecular flexibility index (Phi) is 5.95. The molecule has 0 radical (unpaired) electrons. The molecule has 1 aromatic heterocycles. The summed E-state index contributed by atoms with van der Waals surface area (Å²) in [6.07, 6.45) is 0. The predicted molar refractivity (Wildman–Crippen MR) is 90.7 cm³/mol. The lowest BCUT2D eigenvalue weighted by molar-refractivity contribution is 0.581. The number of nitrogens with one attached hydrogen (secondary N) is 2. The smallest absolute Gasteiger partial charge is 0.216 e. The number of benzene rings is 1. The molecule has 2 aromatic rings. The van der Waals surface area contributed by atoms with E-state index in [-0.39, 0.29) is 5.75 Å². The van der Waals surface area contributed by atoms with E-state index in [1.165, 1.54) is 11.3 Å². The first-order chi connectivity index (χ1) is 9.98. The molecule has 21 heavy (non-hydrogen) atoms. The zero-order valence-electron chi connectivity index (χ0n) is 11.6. The number of hydrogen-bond acceptors (Lipinski definition) is 4. The lowest BCUT2D eigenvalue weighted by Crippen LogP contribution is -2.24. The molecular formula is C14H17BrN2O2S2. The Morgan fingerprint density at radius 2 is 1.81 bits per heavy atom. The Morgan fingerprint density at radius 3 is 2.38 bits per heavy atom. The van der Waals surface area contributed by atoms with E-state index in [1.807, 2.05) is 42.8 Å². The minimum atomic E-state index is -3.32. The zero-order chi connectivity index (χ0) is 15.3. The highest BCUT2D eigenvalue weighted by molar-refractivity contribution is 9.10. The van der Waals surface area contributed by atoms with E-state index in [1.54, 1.807) is 0 Å². The summed E-state index contributed by atoms with van der Waals surface area (Å²) in [6.45, 7) is 1.11. The summed E-state index contributed by atoms with van der Waals surface area (Å²) in [4.78, 5) is 0.981. The van der Waals surface area contributed by atoms with Crippen molar-refractivity contribution in [3.05, 3.63) is 56.2 Å². The molecule has 0 unspecified atom stereocenters. The van der Waals surface area contributed by atoms with Crippen molar-refractivity contribution in [2.45, 2.75) is 18.8 Å². The van der Waals surface area contributed by atoms with Crippen molar-refractivity contribution >= 4 is 37.3 Å². The summed E-state index contributed by atoms with van der Waals surface area (Å²) >= 11 is 4.88. The number of thiophene rings is 1. The number of rotatable bonds is 7. The van der Waals surface area contributed by atoms with Crippen LogP contribution in [0, 0.1) is 0 Å². The third-order valence-corrected chi connectivity index (χ3v) is 5.84. The van der Waals surface area contributed by atoms with Crippen molar-refractivity contribution in [2.75, 3.05) is 7.05 Å². The van der Waals surface area contributed by atoms with Crippen molar-refractivity contribution in [3.63, 3.8) is 0 Å². The van der Waals surface area contributed by atoms with E-state index < -0.39 is 10.0 Å². The first-order valence-electron chi connectivity index (χ1n) is 6.41. The average Bonchev–Trinajstić information content (AvgIpc) is 2.85. The first-order valence-corrected chi connectivity index (χ1v) is 9.74. The molecule has 0 aliphatic carbocycles. The molecule has 0 fully saturated rings. The second kappa shape index (κ2) is 7.51. The minimum absolute atomic E-state index is 0.000617. The molecule has 1 aromatic carbocycles. The Hall–Kier alpha value is -0.730. The third kappa shape index (κ3) is 5.52. The lowest BCUT2D eigenvalue weighted by Gasteiger charge is -2.07.